The maximum Gasteiger partial charge on any atom is 0.325 e. The van der Waals surface area contributed by atoms with Crippen LogP contribution in [0.3, 0.4) is 0 Å². The van der Waals surface area contributed by atoms with Gasteiger partial charge in [0.2, 0.25) is 0 Å². The fourth-order valence-electron chi connectivity index (χ4n) is 1.44. The lowest BCUT2D eigenvalue weighted by Gasteiger charge is -2.15. The Morgan fingerprint density at radius 2 is 2.39 bits per heavy atom. The molecule has 0 saturated carbocycles. The predicted molar refractivity (Wildman–Crippen MR) is 71.3 cm³/mol. The Kier molecular flexibility index (Phi) is 5.64. The van der Waals surface area contributed by atoms with Crippen LogP contribution in [-0.2, 0) is 4.79 Å². The van der Waals surface area contributed by atoms with Gasteiger partial charge in [-0.1, -0.05) is 33.2 Å². The second-order valence-corrected chi connectivity index (χ2v) is 4.54. The molecule has 0 heterocycles. The summed E-state index contributed by atoms with van der Waals surface area (Å²) in [6, 6.07) is 4.58. The Bertz CT molecular complexity index is 486. The third-order valence-electron chi connectivity index (χ3n) is 2.40. The van der Waals surface area contributed by atoms with Gasteiger partial charge in [0.1, 0.15) is 6.04 Å². The van der Waals surface area contributed by atoms with E-state index in [1.165, 1.54) is 0 Å². The second kappa shape index (κ2) is 7.00. The van der Waals surface area contributed by atoms with Crippen LogP contribution < -0.4 is 5.32 Å². The van der Waals surface area contributed by atoms with Gasteiger partial charge in [-0.25, -0.2) is 0 Å². The average molecular weight is 313 g/mol. The molecule has 1 aromatic carbocycles. The van der Waals surface area contributed by atoms with E-state index < -0.39 is 12.0 Å². The third-order valence-corrected chi connectivity index (χ3v) is 3.25. The maximum atomic E-state index is 11.2. The quantitative estimate of drug-likeness (QED) is 0.365. The summed E-state index contributed by atoms with van der Waals surface area (Å²) in [6.45, 7) is 2.46. The van der Waals surface area contributed by atoms with Crippen LogP contribution in [-0.4, -0.2) is 24.2 Å². The fraction of sp³-hybridized carbons (Fsp3) is 0.364. The summed E-state index contributed by atoms with van der Waals surface area (Å²) in [5.41, 5.74) is 9.83. The first-order chi connectivity index (χ1) is 8.56. The van der Waals surface area contributed by atoms with Crippen LogP contribution in [0.1, 0.15) is 17.2 Å². The molecule has 0 radical (unpaired) electrons. The van der Waals surface area contributed by atoms with E-state index in [-0.39, 0.29) is 6.54 Å². The average Bonchev–Trinajstić information content (AvgIpc) is 2.32. The van der Waals surface area contributed by atoms with E-state index in [0.717, 1.165) is 10.0 Å². The van der Waals surface area contributed by atoms with E-state index in [0.29, 0.717) is 12.1 Å². The number of carbonyl (C=O) groups is 1. The molecule has 0 amide bonds. The van der Waals surface area contributed by atoms with Crippen molar-refractivity contribution in [3.05, 3.63) is 44.2 Å². The highest BCUT2D eigenvalue weighted by atomic mass is 79.9. The highest BCUT2D eigenvalue weighted by Gasteiger charge is 2.19. The lowest BCUT2D eigenvalue weighted by atomic mass is 10.1. The van der Waals surface area contributed by atoms with Crippen LogP contribution in [0.5, 0.6) is 0 Å². The number of nitrogens with one attached hydrogen (secondary N) is 1. The van der Waals surface area contributed by atoms with Crippen LogP contribution in [0.15, 0.2) is 27.8 Å². The zero-order valence-corrected chi connectivity index (χ0v) is 11.4. The fourth-order valence-corrected chi connectivity index (χ4v) is 1.84. The van der Waals surface area contributed by atoms with Crippen molar-refractivity contribution >= 4 is 21.9 Å². The zero-order chi connectivity index (χ0) is 13.5. The Balaban J connectivity index is 2.80. The summed E-state index contributed by atoms with van der Waals surface area (Å²) in [4.78, 5) is 13.8. The van der Waals surface area contributed by atoms with Crippen molar-refractivity contribution < 1.29 is 9.90 Å². The van der Waals surface area contributed by atoms with E-state index in [2.05, 4.69) is 31.3 Å². The Morgan fingerprint density at radius 1 is 1.67 bits per heavy atom. The molecular formula is C11H13BrN4O2. The highest BCUT2D eigenvalue weighted by Crippen LogP contribution is 2.22. The van der Waals surface area contributed by atoms with Crippen molar-refractivity contribution in [3.63, 3.8) is 0 Å². The minimum atomic E-state index is -0.966. The van der Waals surface area contributed by atoms with Crippen LogP contribution >= 0.6 is 15.9 Å². The van der Waals surface area contributed by atoms with Gasteiger partial charge in [-0.2, -0.15) is 0 Å². The number of rotatable bonds is 6. The summed E-state index contributed by atoms with van der Waals surface area (Å²) in [6.07, 6.45) is 0. The topological polar surface area (TPSA) is 98.1 Å². The van der Waals surface area contributed by atoms with Gasteiger partial charge < -0.3 is 10.4 Å². The van der Waals surface area contributed by atoms with Gasteiger partial charge in [-0.15, -0.1) is 0 Å². The molecule has 18 heavy (non-hydrogen) atoms. The number of benzene rings is 1. The Labute approximate surface area is 113 Å². The van der Waals surface area contributed by atoms with Crippen molar-refractivity contribution in [2.75, 3.05) is 13.1 Å². The van der Waals surface area contributed by atoms with E-state index in [4.69, 9.17) is 10.6 Å². The van der Waals surface area contributed by atoms with Crippen molar-refractivity contribution in [2.45, 2.75) is 13.0 Å². The predicted octanol–water partition coefficient (Wildman–Crippen LogP) is 2.78. The lowest BCUT2D eigenvalue weighted by molar-refractivity contribution is -0.139. The van der Waals surface area contributed by atoms with Crippen molar-refractivity contribution in [3.8, 4) is 0 Å². The molecule has 7 heteroatoms. The summed E-state index contributed by atoms with van der Waals surface area (Å²) >= 11 is 3.37. The van der Waals surface area contributed by atoms with E-state index in [9.17, 15) is 4.79 Å². The van der Waals surface area contributed by atoms with E-state index in [1.54, 1.807) is 12.1 Å². The summed E-state index contributed by atoms with van der Waals surface area (Å²) in [5.74, 6) is -0.966. The molecule has 1 aromatic rings. The van der Waals surface area contributed by atoms with Gasteiger partial charge >= 0.3 is 5.97 Å². The molecule has 0 spiro atoms. The second-order valence-electron chi connectivity index (χ2n) is 3.69. The molecule has 0 saturated heterocycles. The molecule has 2 N–H and O–H groups in total. The summed E-state index contributed by atoms with van der Waals surface area (Å²) in [7, 11) is 0. The largest absolute Gasteiger partial charge is 0.480 e. The first-order valence-electron chi connectivity index (χ1n) is 5.29. The number of hydrogen-bond donors (Lipinski definition) is 2. The third kappa shape index (κ3) is 4.03. The normalized spacial score (nSPS) is 11.7. The van der Waals surface area contributed by atoms with Gasteiger partial charge in [0.15, 0.2) is 0 Å². The molecular weight excluding hydrogens is 300 g/mol. The summed E-state index contributed by atoms with van der Waals surface area (Å²) < 4.78 is 0.864. The lowest BCUT2D eigenvalue weighted by Crippen LogP contribution is -2.30. The molecule has 0 aliphatic carbocycles. The number of nitrogens with zero attached hydrogens (tertiary/aromatic N) is 3. The first-order valence-corrected chi connectivity index (χ1v) is 6.08. The number of aliphatic carboxylic acids is 1. The molecule has 0 fully saturated rings. The van der Waals surface area contributed by atoms with Crippen LogP contribution in [0.2, 0.25) is 0 Å². The Morgan fingerprint density at radius 3 is 2.94 bits per heavy atom. The van der Waals surface area contributed by atoms with Crippen molar-refractivity contribution in [2.24, 2.45) is 5.11 Å². The van der Waals surface area contributed by atoms with E-state index >= 15 is 0 Å². The van der Waals surface area contributed by atoms with Gasteiger partial charge in [0.25, 0.3) is 0 Å². The van der Waals surface area contributed by atoms with Gasteiger partial charge in [0.05, 0.1) is 0 Å². The number of carboxylic acid groups (broad SMARTS) is 1. The SMILES string of the molecule is Cc1ccc(C(NCCN=[N+]=[N-])C(=O)O)cc1Br. The minimum Gasteiger partial charge on any atom is -0.480 e. The number of carboxylic acids is 1. The van der Waals surface area contributed by atoms with Crippen molar-refractivity contribution in [1.82, 2.24) is 5.32 Å². The van der Waals surface area contributed by atoms with Gasteiger partial charge in [0, 0.05) is 22.5 Å². The monoisotopic (exact) mass is 312 g/mol. The first kappa shape index (κ1) is 14.5. The molecule has 0 aliphatic rings. The standard InChI is InChI=1S/C11H13BrN4O2/c1-7-2-3-8(6-9(7)12)10(11(17)18)14-4-5-15-16-13/h2-3,6,10,14H,4-5H2,1H3,(H,17,18). The molecule has 1 atom stereocenters. The number of azide groups is 1. The van der Waals surface area contributed by atoms with Gasteiger partial charge in [-0.05, 0) is 29.6 Å². The number of hydrogen-bond acceptors (Lipinski definition) is 3. The highest BCUT2D eigenvalue weighted by molar-refractivity contribution is 9.10. The molecule has 1 rings (SSSR count). The molecule has 1 unspecified atom stereocenters. The minimum absolute atomic E-state index is 0.216. The molecule has 0 bridgehead atoms. The van der Waals surface area contributed by atoms with Crippen LogP contribution in [0, 0.1) is 6.92 Å². The number of halogens is 1. The number of aryl methyl sites for hydroxylation is 1. The molecule has 6 nitrogen and oxygen atoms in total. The van der Waals surface area contributed by atoms with E-state index in [1.807, 2.05) is 13.0 Å². The smallest absolute Gasteiger partial charge is 0.325 e. The van der Waals surface area contributed by atoms with Crippen LogP contribution in [0.25, 0.3) is 10.4 Å². The maximum absolute atomic E-state index is 11.2. The summed E-state index contributed by atoms with van der Waals surface area (Å²) in [5, 5.41) is 15.3. The van der Waals surface area contributed by atoms with Crippen molar-refractivity contribution in [1.29, 1.82) is 0 Å². The molecule has 0 aliphatic heterocycles. The van der Waals surface area contributed by atoms with Crippen LogP contribution in [0.4, 0.5) is 0 Å². The Hall–Kier alpha value is -1.56. The molecule has 0 aromatic heterocycles. The van der Waals surface area contributed by atoms with Gasteiger partial charge in [-0.3, -0.25) is 4.79 Å². The molecule has 96 valence electrons. The zero-order valence-electron chi connectivity index (χ0n) is 9.80.